The summed E-state index contributed by atoms with van der Waals surface area (Å²) in [6.45, 7) is 5.23. The van der Waals surface area contributed by atoms with Gasteiger partial charge in [-0.3, -0.25) is 4.79 Å². The molecule has 0 amide bonds. The van der Waals surface area contributed by atoms with E-state index in [2.05, 4.69) is 4.90 Å². The first-order valence-corrected chi connectivity index (χ1v) is 5.77. The lowest BCUT2D eigenvalue weighted by Crippen LogP contribution is -2.40. The zero-order chi connectivity index (χ0) is 11.1. The lowest BCUT2D eigenvalue weighted by molar-refractivity contribution is -0.149. The molecule has 1 aliphatic rings. The number of aliphatic hydroxyl groups excluding tert-OH is 1. The summed E-state index contributed by atoms with van der Waals surface area (Å²) in [6, 6.07) is 0. The van der Waals surface area contributed by atoms with Gasteiger partial charge in [-0.25, -0.2) is 0 Å². The van der Waals surface area contributed by atoms with Crippen LogP contribution in [0.5, 0.6) is 0 Å². The molecule has 1 atom stereocenters. The molecule has 0 spiro atoms. The Hall–Kier alpha value is -0.610. The fourth-order valence-corrected chi connectivity index (χ4v) is 2.01. The molecule has 0 aromatic heterocycles. The van der Waals surface area contributed by atoms with Gasteiger partial charge in [0.05, 0.1) is 12.5 Å². The highest BCUT2D eigenvalue weighted by atomic mass is 16.5. The second-order valence-electron chi connectivity index (χ2n) is 3.97. The van der Waals surface area contributed by atoms with E-state index in [1.807, 2.05) is 6.92 Å². The summed E-state index contributed by atoms with van der Waals surface area (Å²) in [5, 5.41) is 8.74. The monoisotopic (exact) mass is 215 g/mol. The van der Waals surface area contributed by atoms with Crippen LogP contribution in [-0.2, 0) is 9.53 Å². The predicted octanol–water partition coefficient (Wildman–Crippen LogP) is 0.644. The predicted molar refractivity (Wildman–Crippen MR) is 57.5 cm³/mol. The Labute approximate surface area is 91.2 Å². The van der Waals surface area contributed by atoms with Crippen LogP contribution in [0, 0.1) is 5.92 Å². The molecule has 1 saturated heterocycles. The van der Waals surface area contributed by atoms with Crippen LogP contribution in [0.4, 0.5) is 0 Å². The van der Waals surface area contributed by atoms with E-state index >= 15 is 0 Å². The van der Waals surface area contributed by atoms with Crippen molar-refractivity contribution < 1.29 is 14.6 Å². The molecule has 0 saturated carbocycles. The Balaban J connectivity index is 2.31. The van der Waals surface area contributed by atoms with Gasteiger partial charge in [0.15, 0.2) is 0 Å². The normalized spacial score (nSPS) is 22.7. The maximum atomic E-state index is 11.5. The third-order valence-electron chi connectivity index (χ3n) is 2.76. The molecule has 4 nitrogen and oxygen atoms in total. The zero-order valence-corrected chi connectivity index (χ0v) is 9.45. The first kappa shape index (κ1) is 12.5. The molecule has 1 N–H and O–H groups in total. The van der Waals surface area contributed by atoms with Gasteiger partial charge in [0.25, 0.3) is 0 Å². The standard InChI is InChI=1S/C11H21NO3/c1-2-15-11(14)10-5-3-6-12(9-10)7-4-8-13/h10,13H,2-9H2,1H3. The zero-order valence-electron chi connectivity index (χ0n) is 9.45. The molecule has 0 aromatic rings. The van der Waals surface area contributed by atoms with Crippen molar-refractivity contribution in [1.29, 1.82) is 0 Å². The van der Waals surface area contributed by atoms with Crippen LogP contribution in [0.2, 0.25) is 0 Å². The van der Waals surface area contributed by atoms with E-state index in [0.717, 1.165) is 38.9 Å². The maximum Gasteiger partial charge on any atom is 0.310 e. The Morgan fingerprint density at radius 1 is 1.60 bits per heavy atom. The van der Waals surface area contributed by atoms with Gasteiger partial charge in [0.1, 0.15) is 0 Å². The van der Waals surface area contributed by atoms with Gasteiger partial charge < -0.3 is 14.7 Å². The van der Waals surface area contributed by atoms with E-state index in [1.54, 1.807) is 0 Å². The van der Waals surface area contributed by atoms with Gasteiger partial charge in [0.2, 0.25) is 0 Å². The van der Waals surface area contributed by atoms with Gasteiger partial charge in [0, 0.05) is 19.7 Å². The van der Waals surface area contributed by atoms with Crippen LogP contribution in [0.15, 0.2) is 0 Å². The molecular formula is C11H21NO3. The number of esters is 1. The summed E-state index contributed by atoms with van der Waals surface area (Å²) in [5.74, 6) is -0.0245. The number of ether oxygens (including phenoxy) is 1. The lowest BCUT2D eigenvalue weighted by atomic mass is 9.98. The fraction of sp³-hybridized carbons (Fsp3) is 0.909. The highest BCUT2D eigenvalue weighted by molar-refractivity contribution is 5.72. The molecule has 1 heterocycles. The summed E-state index contributed by atoms with van der Waals surface area (Å²) < 4.78 is 5.02. The van der Waals surface area contributed by atoms with Crippen molar-refractivity contribution in [3.8, 4) is 0 Å². The summed E-state index contributed by atoms with van der Waals surface area (Å²) in [5.41, 5.74) is 0. The third-order valence-corrected chi connectivity index (χ3v) is 2.76. The van der Waals surface area contributed by atoms with Crippen LogP contribution in [-0.4, -0.2) is 48.8 Å². The fourth-order valence-electron chi connectivity index (χ4n) is 2.01. The summed E-state index contributed by atoms with van der Waals surface area (Å²) in [6.07, 6.45) is 2.78. The summed E-state index contributed by atoms with van der Waals surface area (Å²) in [4.78, 5) is 13.8. The second-order valence-corrected chi connectivity index (χ2v) is 3.97. The number of hydrogen-bond acceptors (Lipinski definition) is 4. The van der Waals surface area contributed by atoms with Crippen molar-refractivity contribution in [3.63, 3.8) is 0 Å². The minimum atomic E-state index is -0.0637. The molecule has 0 aliphatic carbocycles. The minimum absolute atomic E-state index is 0.0393. The molecule has 1 fully saturated rings. The van der Waals surface area contributed by atoms with Crippen molar-refractivity contribution in [3.05, 3.63) is 0 Å². The molecule has 0 bridgehead atoms. The van der Waals surface area contributed by atoms with E-state index in [0.29, 0.717) is 6.61 Å². The first-order valence-electron chi connectivity index (χ1n) is 5.77. The van der Waals surface area contributed by atoms with E-state index in [4.69, 9.17) is 9.84 Å². The SMILES string of the molecule is CCOC(=O)C1CCCN(CCCO)C1. The first-order chi connectivity index (χ1) is 7.27. The maximum absolute atomic E-state index is 11.5. The second kappa shape index (κ2) is 6.80. The van der Waals surface area contributed by atoms with Gasteiger partial charge in [-0.05, 0) is 32.7 Å². The smallest absolute Gasteiger partial charge is 0.310 e. The van der Waals surface area contributed by atoms with Crippen LogP contribution >= 0.6 is 0 Å². The van der Waals surface area contributed by atoms with Crippen LogP contribution < -0.4 is 0 Å². The number of carbonyl (C=O) groups is 1. The molecule has 1 unspecified atom stereocenters. The number of aliphatic hydroxyl groups is 1. The van der Waals surface area contributed by atoms with E-state index in [1.165, 1.54) is 0 Å². The Morgan fingerprint density at radius 3 is 3.07 bits per heavy atom. The average Bonchev–Trinajstić information content (AvgIpc) is 2.27. The van der Waals surface area contributed by atoms with Gasteiger partial charge >= 0.3 is 5.97 Å². The molecular weight excluding hydrogens is 194 g/mol. The Morgan fingerprint density at radius 2 is 2.40 bits per heavy atom. The van der Waals surface area contributed by atoms with Crippen LogP contribution in [0.25, 0.3) is 0 Å². The number of hydrogen-bond donors (Lipinski definition) is 1. The average molecular weight is 215 g/mol. The largest absolute Gasteiger partial charge is 0.466 e. The highest BCUT2D eigenvalue weighted by Gasteiger charge is 2.26. The third kappa shape index (κ3) is 4.18. The van der Waals surface area contributed by atoms with Crippen LogP contribution in [0.3, 0.4) is 0 Å². The lowest BCUT2D eigenvalue weighted by Gasteiger charge is -2.31. The molecule has 0 radical (unpaired) electrons. The number of carbonyl (C=O) groups excluding carboxylic acids is 1. The van der Waals surface area contributed by atoms with E-state index in [-0.39, 0.29) is 18.5 Å². The van der Waals surface area contributed by atoms with Gasteiger partial charge in [-0.15, -0.1) is 0 Å². The van der Waals surface area contributed by atoms with Gasteiger partial charge in [-0.2, -0.15) is 0 Å². The Kier molecular flexibility index (Phi) is 5.65. The van der Waals surface area contributed by atoms with Crippen molar-refractivity contribution in [2.24, 2.45) is 5.92 Å². The molecule has 15 heavy (non-hydrogen) atoms. The van der Waals surface area contributed by atoms with E-state index < -0.39 is 0 Å². The molecule has 4 heteroatoms. The number of nitrogens with zero attached hydrogens (tertiary/aromatic N) is 1. The summed E-state index contributed by atoms with van der Waals surface area (Å²) in [7, 11) is 0. The number of piperidine rings is 1. The van der Waals surface area contributed by atoms with Crippen molar-refractivity contribution in [2.45, 2.75) is 26.2 Å². The van der Waals surface area contributed by atoms with Crippen molar-refractivity contribution >= 4 is 5.97 Å². The Bertz CT molecular complexity index is 196. The minimum Gasteiger partial charge on any atom is -0.466 e. The van der Waals surface area contributed by atoms with E-state index in [9.17, 15) is 4.79 Å². The number of likely N-dealkylation sites (tertiary alicyclic amines) is 1. The molecule has 1 rings (SSSR count). The quantitative estimate of drug-likeness (QED) is 0.684. The van der Waals surface area contributed by atoms with Gasteiger partial charge in [-0.1, -0.05) is 0 Å². The summed E-state index contributed by atoms with van der Waals surface area (Å²) >= 11 is 0. The van der Waals surface area contributed by atoms with Crippen molar-refractivity contribution in [1.82, 2.24) is 4.90 Å². The molecule has 0 aromatic carbocycles. The van der Waals surface area contributed by atoms with Crippen molar-refractivity contribution in [2.75, 3.05) is 32.8 Å². The highest BCUT2D eigenvalue weighted by Crippen LogP contribution is 2.17. The van der Waals surface area contributed by atoms with Crippen LogP contribution in [0.1, 0.15) is 26.2 Å². The molecule has 1 aliphatic heterocycles. The number of rotatable bonds is 5. The molecule has 88 valence electrons. The topological polar surface area (TPSA) is 49.8 Å².